The van der Waals surface area contributed by atoms with Crippen molar-refractivity contribution in [3.05, 3.63) is 48.8 Å². The normalized spacial score (nSPS) is 17.5. The number of benzene rings is 2. The van der Waals surface area contributed by atoms with E-state index in [1.165, 1.54) is 12.1 Å². The highest BCUT2D eigenvalue weighted by molar-refractivity contribution is 7.87. The van der Waals surface area contributed by atoms with Crippen molar-refractivity contribution in [1.82, 2.24) is 9.97 Å². The third-order valence-electron chi connectivity index (χ3n) is 4.30. The lowest BCUT2D eigenvalue weighted by Crippen LogP contribution is -2.18. The summed E-state index contributed by atoms with van der Waals surface area (Å²) in [5.41, 5.74) is 2.31. The van der Waals surface area contributed by atoms with Crippen LogP contribution in [0.25, 0.3) is 11.0 Å². The molecular formula is C18H19N3O4S. The molecular weight excluding hydrogens is 354 g/mol. The first kappa shape index (κ1) is 16.9. The monoisotopic (exact) mass is 373 g/mol. The van der Waals surface area contributed by atoms with Crippen LogP contribution in [0.5, 0.6) is 5.75 Å². The van der Waals surface area contributed by atoms with Crippen molar-refractivity contribution in [2.24, 2.45) is 0 Å². The molecule has 2 aromatic carbocycles. The zero-order valence-corrected chi connectivity index (χ0v) is 14.8. The summed E-state index contributed by atoms with van der Waals surface area (Å²) in [4.78, 5) is 7.12. The van der Waals surface area contributed by atoms with Gasteiger partial charge in [0.25, 0.3) is 0 Å². The van der Waals surface area contributed by atoms with Crippen LogP contribution in [-0.2, 0) is 14.9 Å². The molecule has 26 heavy (non-hydrogen) atoms. The lowest BCUT2D eigenvalue weighted by Gasteiger charge is -2.12. The van der Waals surface area contributed by atoms with E-state index in [1.807, 2.05) is 0 Å². The molecule has 1 aliphatic heterocycles. The Morgan fingerprint density at radius 1 is 1.23 bits per heavy atom. The molecule has 1 aromatic heterocycles. The van der Waals surface area contributed by atoms with E-state index in [0.717, 1.165) is 30.7 Å². The van der Waals surface area contributed by atoms with E-state index in [4.69, 9.17) is 8.92 Å². The second kappa shape index (κ2) is 6.97. The predicted molar refractivity (Wildman–Crippen MR) is 97.8 cm³/mol. The topological polar surface area (TPSA) is 93.3 Å². The second-order valence-electron chi connectivity index (χ2n) is 6.16. The van der Waals surface area contributed by atoms with Gasteiger partial charge in [0.1, 0.15) is 10.6 Å². The first-order valence-corrected chi connectivity index (χ1v) is 9.84. The molecule has 4 rings (SSSR count). The van der Waals surface area contributed by atoms with Gasteiger partial charge < -0.3 is 19.2 Å². The third kappa shape index (κ3) is 3.66. The number of ether oxygens (including phenoxy) is 1. The van der Waals surface area contributed by atoms with E-state index in [2.05, 4.69) is 15.3 Å². The summed E-state index contributed by atoms with van der Waals surface area (Å²) in [6.45, 7) is 1.53. The van der Waals surface area contributed by atoms with Crippen molar-refractivity contribution >= 4 is 26.8 Å². The molecule has 1 unspecified atom stereocenters. The Balaban J connectivity index is 1.44. The number of rotatable bonds is 6. The average Bonchev–Trinajstić information content (AvgIpc) is 3.31. The van der Waals surface area contributed by atoms with Crippen LogP contribution in [0.15, 0.2) is 53.7 Å². The highest BCUT2D eigenvalue weighted by Gasteiger charge is 2.18. The zero-order chi connectivity index (χ0) is 18.0. The first-order chi connectivity index (χ1) is 12.6. The Labute approximate surface area is 151 Å². The molecule has 136 valence electrons. The maximum Gasteiger partial charge on any atom is 0.339 e. The molecule has 0 amide bonds. The number of fused-ring (bicyclic) bond motifs is 1. The molecule has 0 spiro atoms. The quantitative estimate of drug-likeness (QED) is 0.646. The Morgan fingerprint density at radius 3 is 2.85 bits per heavy atom. The molecule has 7 nitrogen and oxygen atoms in total. The van der Waals surface area contributed by atoms with Gasteiger partial charge in [0, 0.05) is 24.9 Å². The van der Waals surface area contributed by atoms with Gasteiger partial charge in [0.2, 0.25) is 0 Å². The van der Waals surface area contributed by atoms with Crippen molar-refractivity contribution in [1.29, 1.82) is 0 Å². The molecule has 0 bridgehead atoms. The van der Waals surface area contributed by atoms with E-state index in [9.17, 15) is 8.42 Å². The van der Waals surface area contributed by atoms with Gasteiger partial charge >= 0.3 is 10.1 Å². The van der Waals surface area contributed by atoms with Gasteiger partial charge in [-0.1, -0.05) is 0 Å². The largest absolute Gasteiger partial charge is 0.382 e. The van der Waals surface area contributed by atoms with Crippen LogP contribution in [0.3, 0.4) is 0 Å². The highest BCUT2D eigenvalue weighted by atomic mass is 32.2. The zero-order valence-electron chi connectivity index (χ0n) is 14.0. The Hall–Kier alpha value is -2.58. The van der Waals surface area contributed by atoms with Crippen molar-refractivity contribution in [2.75, 3.05) is 18.5 Å². The minimum Gasteiger partial charge on any atom is -0.382 e. The Kier molecular flexibility index (Phi) is 4.52. The summed E-state index contributed by atoms with van der Waals surface area (Å²) < 4.78 is 35.7. The van der Waals surface area contributed by atoms with Crippen LogP contribution in [0, 0.1) is 0 Å². The summed E-state index contributed by atoms with van der Waals surface area (Å²) in [5, 5.41) is 3.26. The van der Waals surface area contributed by atoms with E-state index in [-0.39, 0.29) is 16.7 Å². The van der Waals surface area contributed by atoms with Gasteiger partial charge in [-0.2, -0.15) is 8.42 Å². The number of nitrogens with one attached hydrogen (secondary N) is 2. The molecule has 1 saturated heterocycles. The Bertz CT molecular complexity index is 993. The molecule has 1 aliphatic rings. The number of aromatic nitrogens is 2. The fraction of sp³-hybridized carbons (Fsp3) is 0.278. The van der Waals surface area contributed by atoms with E-state index in [0.29, 0.717) is 12.1 Å². The molecule has 0 saturated carbocycles. The van der Waals surface area contributed by atoms with E-state index in [1.54, 1.807) is 36.7 Å². The van der Waals surface area contributed by atoms with Crippen LogP contribution >= 0.6 is 0 Å². The summed E-state index contributed by atoms with van der Waals surface area (Å²) >= 11 is 0. The van der Waals surface area contributed by atoms with Gasteiger partial charge in [-0.15, -0.1) is 0 Å². The molecule has 8 heteroatoms. The summed E-state index contributed by atoms with van der Waals surface area (Å²) in [5.74, 6) is 0.238. The minimum atomic E-state index is -3.90. The summed E-state index contributed by atoms with van der Waals surface area (Å²) in [7, 11) is -3.90. The summed E-state index contributed by atoms with van der Waals surface area (Å²) in [6.07, 6.45) is 3.91. The number of H-pyrrole nitrogens is 1. The fourth-order valence-corrected chi connectivity index (χ4v) is 3.84. The van der Waals surface area contributed by atoms with Crippen LogP contribution < -0.4 is 9.50 Å². The maximum absolute atomic E-state index is 12.5. The molecule has 2 heterocycles. The standard InChI is InChI=1S/C18H19N3O4S/c22-26(23,25-14-5-8-17-18(10-14)21-12-20-17)16-6-3-13(4-7-16)19-11-15-2-1-9-24-15/h3-8,10,12,15,19H,1-2,9,11H2,(H,20,21). The van der Waals surface area contributed by atoms with Crippen molar-refractivity contribution < 1.29 is 17.3 Å². The molecule has 1 fully saturated rings. The van der Waals surface area contributed by atoms with Crippen LogP contribution in [0.4, 0.5) is 5.69 Å². The SMILES string of the molecule is O=S(=O)(Oc1ccc2nc[nH]c2c1)c1ccc(NCC2CCCO2)cc1. The molecule has 0 aliphatic carbocycles. The van der Waals surface area contributed by atoms with Gasteiger partial charge in [-0.05, 0) is 49.2 Å². The smallest absolute Gasteiger partial charge is 0.339 e. The molecule has 3 aromatic rings. The second-order valence-corrected chi connectivity index (χ2v) is 7.71. The third-order valence-corrected chi connectivity index (χ3v) is 5.56. The van der Waals surface area contributed by atoms with Crippen molar-refractivity contribution in [3.63, 3.8) is 0 Å². The maximum atomic E-state index is 12.5. The minimum absolute atomic E-state index is 0.102. The van der Waals surface area contributed by atoms with Crippen molar-refractivity contribution in [3.8, 4) is 5.75 Å². The number of nitrogens with zero attached hydrogens (tertiary/aromatic N) is 1. The van der Waals surface area contributed by atoms with Crippen LogP contribution in [0.2, 0.25) is 0 Å². The van der Waals surface area contributed by atoms with E-state index < -0.39 is 10.1 Å². The highest BCUT2D eigenvalue weighted by Crippen LogP contribution is 2.23. The summed E-state index contributed by atoms with van der Waals surface area (Å²) in [6, 6.07) is 11.4. The number of hydrogen-bond acceptors (Lipinski definition) is 6. The molecule has 1 atom stereocenters. The number of anilines is 1. The lowest BCUT2D eigenvalue weighted by molar-refractivity contribution is 0.120. The number of imidazole rings is 1. The lowest BCUT2D eigenvalue weighted by atomic mass is 10.2. The van der Waals surface area contributed by atoms with Gasteiger partial charge in [0.05, 0.1) is 23.5 Å². The first-order valence-electron chi connectivity index (χ1n) is 8.43. The van der Waals surface area contributed by atoms with Crippen LogP contribution in [0.1, 0.15) is 12.8 Å². The van der Waals surface area contributed by atoms with Crippen LogP contribution in [-0.4, -0.2) is 37.6 Å². The molecule has 2 N–H and O–H groups in total. The van der Waals surface area contributed by atoms with Gasteiger partial charge in [-0.25, -0.2) is 4.98 Å². The predicted octanol–water partition coefficient (Wildman–Crippen LogP) is 2.92. The Morgan fingerprint density at radius 2 is 2.08 bits per heavy atom. The fourth-order valence-electron chi connectivity index (χ4n) is 2.92. The van der Waals surface area contributed by atoms with E-state index >= 15 is 0 Å². The molecule has 0 radical (unpaired) electrons. The number of hydrogen-bond donors (Lipinski definition) is 2. The average molecular weight is 373 g/mol. The van der Waals surface area contributed by atoms with Gasteiger partial charge in [-0.3, -0.25) is 0 Å². The van der Waals surface area contributed by atoms with Crippen molar-refractivity contribution in [2.45, 2.75) is 23.8 Å². The number of aromatic amines is 1. The van der Waals surface area contributed by atoms with Gasteiger partial charge in [0.15, 0.2) is 0 Å².